The van der Waals surface area contributed by atoms with Gasteiger partial charge in [-0.3, -0.25) is 4.79 Å². The SMILES string of the molecule is O=C(N[C@@H]1CCc2nccn2C1)c1cc2c(s1)CCCC2. The lowest BCUT2D eigenvalue weighted by molar-refractivity contribution is 0.0931. The molecule has 4 rings (SSSR count). The first-order chi connectivity index (χ1) is 10.3. The summed E-state index contributed by atoms with van der Waals surface area (Å²) in [5, 5.41) is 3.20. The van der Waals surface area contributed by atoms with Crippen molar-refractivity contribution in [3.8, 4) is 0 Å². The molecule has 1 aliphatic heterocycles. The van der Waals surface area contributed by atoms with E-state index in [-0.39, 0.29) is 11.9 Å². The van der Waals surface area contributed by atoms with Crippen LogP contribution in [0.4, 0.5) is 0 Å². The van der Waals surface area contributed by atoms with Crippen LogP contribution in [0, 0.1) is 0 Å². The Hall–Kier alpha value is -1.62. The average Bonchev–Trinajstić information content (AvgIpc) is 3.13. The van der Waals surface area contributed by atoms with Gasteiger partial charge in [0, 0.05) is 36.3 Å². The van der Waals surface area contributed by atoms with Gasteiger partial charge < -0.3 is 9.88 Å². The molecule has 0 radical (unpaired) electrons. The molecule has 0 saturated heterocycles. The van der Waals surface area contributed by atoms with Crippen molar-refractivity contribution in [1.29, 1.82) is 0 Å². The Balaban J connectivity index is 1.45. The van der Waals surface area contributed by atoms with Gasteiger partial charge in [-0.2, -0.15) is 0 Å². The number of imidazole rings is 1. The van der Waals surface area contributed by atoms with Crippen molar-refractivity contribution in [3.63, 3.8) is 0 Å². The third-order valence-electron chi connectivity index (χ3n) is 4.49. The highest BCUT2D eigenvalue weighted by atomic mass is 32.1. The normalized spacial score (nSPS) is 20.7. The average molecular weight is 301 g/mol. The van der Waals surface area contributed by atoms with Crippen molar-refractivity contribution in [2.24, 2.45) is 0 Å². The third kappa shape index (κ3) is 2.50. The molecule has 2 aromatic rings. The lowest BCUT2D eigenvalue weighted by Crippen LogP contribution is -2.40. The first kappa shape index (κ1) is 13.1. The molecule has 2 aromatic heterocycles. The first-order valence-electron chi connectivity index (χ1n) is 7.72. The van der Waals surface area contributed by atoms with Crippen LogP contribution in [0.2, 0.25) is 0 Å². The van der Waals surface area contributed by atoms with Crippen LogP contribution in [-0.4, -0.2) is 21.5 Å². The standard InChI is InChI=1S/C16H19N3OS/c20-16(14-9-11-3-1-2-4-13(11)21-14)18-12-5-6-15-17-7-8-19(15)10-12/h7-9,12H,1-6,10H2,(H,18,20)/t12-/m1/s1. The minimum Gasteiger partial charge on any atom is -0.347 e. The summed E-state index contributed by atoms with van der Waals surface area (Å²) in [6.45, 7) is 0.839. The zero-order valence-electron chi connectivity index (χ0n) is 12.0. The second-order valence-corrected chi connectivity index (χ2v) is 7.11. The summed E-state index contributed by atoms with van der Waals surface area (Å²) < 4.78 is 2.15. The van der Waals surface area contributed by atoms with Crippen molar-refractivity contribution in [1.82, 2.24) is 14.9 Å². The Morgan fingerprint density at radius 1 is 1.33 bits per heavy atom. The van der Waals surface area contributed by atoms with Gasteiger partial charge in [-0.25, -0.2) is 4.98 Å². The molecule has 0 aromatic carbocycles. The predicted octanol–water partition coefficient (Wildman–Crippen LogP) is 2.57. The highest BCUT2D eigenvalue weighted by molar-refractivity contribution is 7.14. The van der Waals surface area contributed by atoms with Crippen LogP contribution in [-0.2, 0) is 25.8 Å². The number of rotatable bonds is 2. The van der Waals surface area contributed by atoms with Gasteiger partial charge in [0.1, 0.15) is 5.82 Å². The zero-order chi connectivity index (χ0) is 14.2. The number of fused-ring (bicyclic) bond motifs is 2. The molecule has 2 aliphatic rings. The van der Waals surface area contributed by atoms with E-state index in [4.69, 9.17) is 0 Å². The Kier molecular flexibility index (Phi) is 3.30. The quantitative estimate of drug-likeness (QED) is 0.926. The van der Waals surface area contributed by atoms with Crippen molar-refractivity contribution in [2.75, 3.05) is 0 Å². The first-order valence-corrected chi connectivity index (χ1v) is 8.54. The molecule has 1 N–H and O–H groups in total. The Morgan fingerprint density at radius 3 is 3.14 bits per heavy atom. The molecule has 0 saturated carbocycles. The molecule has 21 heavy (non-hydrogen) atoms. The van der Waals surface area contributed by atoms with Crippen LogP contribution >= 0.6 is 11.3 Å². The molecule has 0 fully saturated rings. The maximum atomic E-state index is 12.5. The summed E-state index contributed by atoms with van der Waals surface area (Å²) in [7, 11) is 0. The minimum atomic E-state index is 0.1000. The van der Waals surface area contributed by atoms with Crippen molar-refractivity contribution < 1.29 is 4.79 Å². The van der Waals surface area contributed by atoms with Crippen LogP contribution in [0.15, 0.2) is 18.5 Å². The number of carbonyl (C=O) groups is 1. The molecule has 3 heterocycles. The number of hydrogen-bond donors (Lipinski definition) is 1. The lowest BCUT2D eigenvalue weighted by Gasteiger charge is -2.24. The number of nitrogens with one attached hydrogen (secondary N) is 1. The van der Waals surface area contributed by atoms with Gasteiger partial charge in [0.25, 0.3) is 5.91 Å². The second-order valence-electron chi connectivity index (χ2n) is 5.97. The predicted molar refractivity (Wildman–Crippen MR) is 82.8 cm³/mol. The molecule has 1 aliphatic carbocycles. The van der Waals surface area contributed by atoms with E-state index < -0.39 is 0 Å². The number of hydrogen-bond acceptors (Lipinski definition) is 3. The zero-order valence-corrected chi connectivity index (χ0v) is 12.8. The van der Waals surface area contributed by atoms with Crippen molar-refractivity contribution >= 4 is 17.2 Å². The maximum absolute atomic E-state index is 12.5. The number of carbonyl (C=O) groups excluding carboxylic acids is 1. The number of aryl methyl sites for hydroxylation is 3. The Morgan fingerprint density at radius 2 is 2.24 bits per heavy atom. The molecule has 110 valence electrons. The maximum Gasteiger partial charge on any atom is 0.261 e. The highest BCUT2D eigenvalue weighted by Crippen LogP contribution is 2.29. The molecule has 4 nitrogen and oxygen atoms in total. The van der Waals surface area contributed by atoms with Gasteiger partial charge in [0.05, 0.1) is 4.88 Å². The van der Waals surface area contributed by atoms with Crippen LogP contribution in [0.1, 0.15) is 45.2 Å². The van der Waals surface area contributed by atoms with Gasteiger partial charge in [0.2, 0.25) is 0 Å². The van der Waals surface area contributed by atoms with Gasteiger partial charge >= 0.3 is 0 Å². The summed E-state index contributed by atoms with van der Waals surface area (Å²) >= 11 is 1.69. The summed E-state index contributed by atoms with van der Waals surface area (Å²) in [6.07, 6.45) is 10.6. The molecular formula is C16H19N3OS. The fourth-order valence-electron chi connectivity index (χ4n) is 3.34. The number of aromatic nitrogens is 2. The van der Waals surface area contributed by atoms with Crippen LogP contribution in [0.25, 0.3) is 0 Å². The lowest BCUT2D eigenvalue weighted by atomic mass is 9.99. The fourth-order valence-corrected chi connectivity index (χ4v) is 4.50. The van der Waals surface area contributed by atoms with Gasteiger partial charge in [-0.1, -0.05) is 0 Å². The Labute approximate surface area is 128 Å². The van der Waals surface area contributed by atoms with Crippen LogP contribution in [0.5, 0.6) is 0 Å². The second kappa shape index (κ2) is 5.30. The fraction of sp³-hybridized carbons (Fsp3) is 0.500. The molecule has 0 spiro atoms. The topological polar surface area (TPSA) is 46.9 Å². The van der Waals surface area contributed by atoms with Crippen molar-refractivity contribution in [2.45, 2.75) is 51.1 Å². The van der Waals surface area contributed by atoms with E-state index in [2.05, 4.69) is 20.9 Å². The van der Waals surface area contributed by atoms with Crippen molar-refractivity contribution in [3.05, 3.63) is 39.6 Å². The van der Waals surface area contributed by atoms with E-state index >= 15 is 0 Å². The largest absolute Gasteiger partial charge is 0.347 e. The highest BCUT2D eigenvalue weighted by Gasteiger charge is 2.23. The number of amides is 1. The molecule has 0 unspecified atom stereocenters. The van der Waals surface area contributed by atoms with E-state index in [1.807, 2.05) is 12.4 Å². The molecule has 1 atom stereocenters. The summed E-state index contributed by atoms with van der Waals surface area (Å²) in [5.41, 5.74) is 1.40. The van der Waals surface area contributed by atoms with Gasteiger partial charge in [-0.05, 0) is 43.7 Å². The smallest absolute Gasteiger partial charge is 0.261 e. The van der Waals surface area contributed by atoms with E-state index in [1.165, 1.54) is 23.3 Å². The van der Waals surface area contributed by atoms with E-state index in [9.17, 15) is 4.79 Å². The molecular weight excluding hydrogens is 282 g/mol. The van der Waals surface area contributed by atoms with Crippen LogP contribution in [0.3, 0.4) is 0 Å². The van der Waals surface area contributed by atoms with E-state index in [1.54, 1.807) is 11.3 Å². The molecule has 0 bridgehead atoms. The summed E-state index contributed by atoms with van der Waals surface area (Å²) in [6, 6.07) is 2.33. The minimum absolute atomic E-state index is 0.1000. The Bertz CT molecular complexity index is 649. The van der Waals surface area contributed by atoms with Crippen LogP contribution < -0.4 is 5.32 Å². The summed E-state index contributed by atoms with van der Waals surface area (Å²) in [5.74, 6) is 1.23. The van der Waals surface area contributed by atoms with E-state index in [0.717, 1.165) is 42.9 Å². The third-order valence-corrected chi connectivity index (χ3v) is 5.73. The molecule has 5 heteroatoms. The summed E-state index contributed by atoms with van der Waals surface area (Å²) in [4.78, 5) is 19.1. The van der Waals surface area contributed by atoms with E-state index in [0.29, 0.717) is 0 Å². The van der Waals surface area contributed by atoms with Gasteiger partial charge in [0.15, 0.2) is 0 Å². The number of nitrogens with zero attached hydrogens (tertiary/aromatic N) is 2. The monoisotopic (exact) mass is 301 g/mol. The van der Waals surface area contributed by atoms with Gasteiger partial charge in [-0.15, -0.1) is 11.3 Å². The number of thiophene rings is 1. The molecule has 1 amide bonds.